The summed E-state index contributed by atoms with van der Waals surface area (Å²) in [5, 5.41) is 9.33. The number of allylic oxidation sites excluding steroid dienone is 1. The monoisotopic (exact) mass is 388 g/mol. The van der Waals surface area contributed by atoms with E-state index >= 15 is 0 Å². The van der Waals surface area contributed by atoms with Crippen LogP contribution in [0.1, 0.15) is 71.6 Å². The maximum absolute atomic E-state index is 12.9. The number of hydrogen-bond donors (Lipinski definition) is 1. The fourth-order valence-electron chi connectivity index (χ4n) is 7.88. The number of esters is 1. The molecule has 0 aromatic carbocycles. The highest BCUT2D eigenvalue weighted by molar-refractivity contribution is 5.92. The van der Waals surface area contributed by atoms with Crippen molar-refractivity contribution in [3.05, 3.63) is 11.6 Å². The molecule has 2 unspecified atom stereocenters. The summed E-state index contributed by atoms with van der Waals surface area (Å²) in [6.45, 7) is 5.08. The zero-order valence-electron chi connectivity index (χ0n) is 17.7. The molecular weight excluding hydrogens is 352 g/mol. The van der Waals surface area contributed by atoms with Crippen molar-refractivity contribution in [1.29, 1.82) is 0 Å². The predicted molar refractivity (Wildman–Crippen MR) is 107 cm³/mol. The molecule has 1 N–H and O–H groups in total. The molecule has 0 radical (unpaired) electrons. The molecule has 0 bridgehead atoms. The van der Waals surface area contributed by atoms with E-state index < -0.39 is 0 Å². The first kappa shape index (κ1) is 20.1. The third-order valence-corrected chi connectivity index (χ3v) is 9.43. The Hall–Kier alpha value is -1.16. The summed E-state index contributed by atoms with van der Waals surface area (Å²) < 4.78 is 5.27. The van der Waals surface area contributed by atoms with Gasteiger partial charge in [-0.2, -0.15) is 0 Å². The lowest BCUT2D eigenvalue weighted by atomic mass is 9.44. The molecule has 0 aromatic rings. The molecule has 156 valence electrons. The third kappa shape index (κ3) is 2.89. The van der Waals surface area contributed by atoms with Crippen LogP contribution in [0.3, 0.4) is 0 Å². The Labute approximate surface area is 169 Å². The number of rotatable bonds is 4. The van der Waals surface area contributed by atoms with Gasteiger partial charge in [0.05, 0.1) is 13.0 Å². The van der Waals surface area contributed by atoms with E-state index in [1.807, 2.05) is 6.08 Å². The van der Waals surface area contributed by atoms with Gasteiger partial charge in [-0.3, -0.25) is 9.59 Å². The summed E-state index contributed by atoms with van der Waals surface area (Å²) in [6.07, 6.45) is 10.9. The van der Waals surface area contributed by atoms with Gasteiger partial charge in [0, 0.05) is 13.0 Å². The topological polar surface area (TPSA) is 63.6 Å². The number of methoxy groups -OCH3 is 1. The van der Waals surface area contributed by atoms with Crippen LogP contribution in [0.4, 0.5) is 0 Å². The van der Waals surface area contributed by atoms with Crippen molar-refractivity contribution < 1.29 is 19.4 Å². The Kier molecular flexibility index (Phi) is 5.22. The Morgan fingerprint density at radius 3 is 2.71 bits per heavy atom. The first-order chi connectivity index (χ1) is 13.3. The number of ether oxygens (including phenoxy) is 1. The molecule has 4 nitrogen and oxygen atoms in total. The van der Waals surface area contributed by atoms with Crippen LogP contribution in [0.25, 0.3) is 0 Å². The molecule has 0 spiro atoms. The van der Waals surface area contributed by atoms with Crippen molar-refractivity contribution in [2.45, 2.75) is 71.6 Å². The smallest absolute Gasteiger partial charge is 0.309 e. The van der Waals surface area contributed by atoms with Crippen LogP contribution in [-0.2, 0) is 14.3 Å². The molecule has 3 fully saturated rings. The molecule has 4 aliphatic rings. The van der Waals surface area contributed by atoms with Crippen LogP contribution < -0.4 is 0 Å². The van der Waals surface area contributed by atoms with Crippen LogP contribution in [-0.4, -0.2) is 30.6 Å². The zero-order valence-corrected chi connectivity index (χ0v) is 17.7. The van der Waals surface area contributed by atoms with E-state index in [0.717, 1.165) is 25.7 Å². The number of ketones is 1. The van der Waals surface area contributed by atoms with Crippen LogP contribution in [0.15, 0.2) is 11.6 Å². The number of hydrogen-bond acceptors (Lipinski definition) is 4. The number of aliphatic hydroxyl groups is 1. The number of carbonyl (C=O) groups excluding carboxylic acids is 2. The zero-order chi connectivity index (χ0) is 20.1. The van der Waals surface area contributed by atoms with Crippen molar-refractivity contribution in [2.24, 2.45) is 40.4 Å². The quantitative estimate of drug-likeness (QED) is 0.729. The molecule has 0 aliphatic heterocycles. The van der Waals surface area contributed by atoms with E-state index in [4.69, 9.17) is 4.74 Å². The molecular formula is C24H36O4. The maximum atomic E-state index is 12.9. The van der Waals surface area contributed by atoms with E-state index in [-0.39, 0.29) is 35.1 Å². The Balaban J connectivity index is 1.71. The van der Waals surface area contributed by atoms with Gasteiger partial charge in [-0.1, -0.05) is 19.4 Å². The van der Waals surface area contributed by atoms with Gasteiger partial charge in [-0.15, -0.1) is 0 Å². The highest BCUT2D eigenvalue weighted by Crippen LogP contribution is 2.68. The van der Waals surface area contributed by atoms with Gasteiger partial charge in [0.2, 0.25) is 0 Å². The van der Waals surface area contributed by atoms with Gasteiger partial charge in [-0.05, 0) is 91.9 Å². The Bertz CT molecular complexity index is 682. The highest BCUT2D eigenvalue weighted by Gasteiger charge is 2.62. The van der Waals surface area contributed by atoms with E-state index in [0.29, 0.717) is 36.5 Å². The van der Waals surface area contributed by atoms with Crippen molar-refractivity contribution in [2.75, 3.05) is 13.7 Å². The van der Waals surface area contributed by atoms with Crippen LogP contribution in [0, 0.1) is 40.4 Å². The van der Waals surface area contributed by atoms with Gasteiger partial charge in [0.1, 0.15) is 0 Å². The minimum absolute atomic E-state index is 0.0631. The standard InChI is InChI=1S/C24H36O4/c1-23-11-9-20-21(19(23)7-6-15(23)5-4-12-25)18(22(27)28-3)14-16-13-17(26)8-10-24(16,20)2/h13,15,18-21,25H,4-12,14H2,1-3H3/t15?,18?,19-,20+,21-,23+,24-/m0/s1. The third-order valence-electron chi connectivity index (χ3n) is 9.43. The summed E-state index contributed by atoms with van der Waals surface area (Å²) in [5.41, 5.74) is 1.54. The lowest BCUT2D eigenvalue weighted by Crippen LogP contribution is -2.55. The molecule has 4 heteroatoms. The largest absolute Gasteiger partial charge is 0.469 e. The Morgan fingerprint density at radius 1 is 1.21 bits per heavy atom. The second kappa shape index (κ2) is 7.27. The molecule has 0 amide bonds. The second-order valence-corrected chi connectivity index (χ2v) is 10.4. The number of carbonyl (C=O) groups is 2. The van der Waals surface area contributed by atoms with Crippen LogP contribution >= 0.6 is 0 Å². The fraction of sp³-hybridized carbons (Fsp3) is 0.833. The van der Waals surface area contributed by atoms with E-state index in [2.05, 4.69) is 13.8 Å². The Morgan fingerprint density at radius 2 is 2.00 bits per heavy atom. The lowest BCUT2D eigenvalue weighted by Gasteiger charge is -2.60. The fourth-order valence-corrected chi connectivity index (χ4v) is 7.88. The minimum Gasteiger partial charge on any atom is -0.469 e. The maximum Gasteiger partial charge on any atom is 0.309 e. The van der Waals surface area contributed by atoms with E-state index in [9.17, 15) is 14.7 Å². The second-order valence-electron chi connectivity index (χ2n) is 10.4. The molecule has 4 aliphatic carbocycles. The predicted octanol–water partition coefficient (Wildman–Crippen LogP) is 4.31. The van der Waals surface area contributed by atoms with Gasteiger partial charge in [-0.25, -0.2) is 0 Å². The van der Waals surface area contributed by atoms with E-state index in [1.165, 1.54) is 31.9 Å². The SMILES string of the molecule is COC(=O)C1CC2=CC(=O)CC[C@]2(C)[C@@H]2CC[C@]3(C)C(CCCO)CC[C@H]3[C@H]12. The van der Waals surface area contributed by atoms with Gasteiger partial charge in [0.25, 0.3) is 0 Å². The van der Waals surface area contributed by atoms with Crippen LogP contribution in [0.5, 0.6) is 0 Å². The first-order valence-corrected chi connectivity index (χ1v) is 11.3. The van der Waals surface area contributed by atoms with Crippen molar-refractivity contribution in [3.63, 3.8) is 0 Å². The summed E-state index contributed by atoms with van der Waals surface area (Å²) in [6, 6.07) is 0. The summed E-state index contributed by atoms with van der Waals surface area (Å²) in [4.78, 5) is 25.0. The molecule has 28 heavy (non-hydrogen) atoms. The van der Waals surface area contributed by atoms with Crippen molar-refractivity contribution >= 4 is 11.8 Å². The number of aliphatic hydroxyl groups excluding tert-OH is 1. The van der Waals surface area contributed by atoms with Crippen LogP contribution in [0.2, 0.25) is 0 Å². The van der Waals surface area contributed by atoms with E-state index in [1.54, 1.807) is 0 Å². The van der Waals surface area contributed by atoms with Crippen molar-refractivity contribution in [3.8, 4) is 0 Å². The number of fused-ring (bicyclic) bond motifs is 5. The minimum atomic E-state index is -0.110. The van der Waals surface area contributed by atoms with Gasteiger partial charge < -0.3 is 9.84 Å². The molecule has 3 saturated carbocycles. The molecule has 0 heterocycles. The van der Waals surface area contributed by atoms with Gasteiger partial charge >= 0.3 is 5.97 Å². The molecule has 4 rings (SSSR count). The average Bonchev–Trinajstić information content (AvgIpc) is 3.02. The summed E-state index contributed by atoms with van der Waals surface area (Å²) >= 11 is 0. The molecule has 7 atom stereocenters. The normalized spacial score (nSPS) is 44.9. The average molecular weight is 389 g/mol. The van der Waals surface area contributed by atoms with Crippen molar-refractivity contribution in [1.82, 2.24) is 0 Å². The first-order valence-electron chi connectivity index (χ1n) is 11.3. The highest BCUT2D eigenvalue weighted by atomic mass is 16.5. The van der Waals surface area contributed by atoms with Gasteiger partial charge in [0.15, 0.2) is 5.78 Å². The lowest BCUT2D eigenvalue weighted by molar-refractivity contribution is -0.158. The summed E-state index contributed by atoms with van der Waals surface area (Å²) in [7, 11) is 1.51. The molecule has 0 aromatic heterocycles. The molecule has 0 saturated heterocycles. The summed E-state index contributed by atoms with van der Waals surface area (Å²) in [5.74, 6) is 2.07.